The van der Waals surface area contributed by atoms with Crippen molar-refractivity contribution in [1.29, 1.82) is 0 Å². The maximum absolute atomic E-state index is 13.0. The minimum Gasteiger partial charge on any atom is -0.466 e. The number of pyridine rings is 1. The van der Waals surface area contributed by atoms with Gasteiger partial charge < -0.3 is 15.0 Å². The molecule has 6 nitrogen and oxygen atoms in total. The number of nitrogens with one attached hydrogen (secondary N) is 1. The number of nitrogens with zero attached hydrogens (tertiary/aromatic N) is 2. The summed E-state index contributed by atoms with van der Waals surface area (Å²) < 4.78 is 4.97. The molecule has 0 aliphatic heterocycles. The average Bonchev–Trinajstić information content (AvgIpc) is 2.75. The molecule has 0 aliphatic carbocycles. The Morgan fingerprint density at radius 3 is 2.50 bits per heavy atom. The van der Waals surface area contributed by atoms with Crippen LogP contribution in [0.3, 0.4) is 0 Å². The topological polar surface area (TPSA) is 71.5 Å². The van der Waals surface area contributed by atoms with Crippen LogP contribution in [0, 0.1) is 0 Å². The van der Waals surface area contributed by atoms with E-state index >= 15 is 0 Å². The van der Waals surface area contributed by atoms with Gasteiger partial charge in [0.25, 0.3) is 0 Å². The van der Waals surface area contributed by atoms with Crippen molar-refractivity contribution >= 4 is 17.6 Å². The fourth-order valence-electron chi connectivity index (χ4n) is 3.30. The molecule has 2 rings (SSSR count). The highest BCUT2D eigenvalue weighted by molar-refractivity contribution is 5.83. The third-order valence-corrected chi connectivity index (χ3v) is 5.00. The number of carbonyl (C=O) groups excluding carboxylic acids is 2. The Bertz CT molecular complexity index is 776. The molecule has 6 heteroatoms. The van der Waals surface area contributed by atoms with E-state index in [-0.39, 0.29) is 17.8 Å². The fourth-order valence-corrected chi connectivity index (χ4v) is 3.30. The van der Waals surface area contributed by atoms with Gasteiger partial charge in [0.05, 0.1) is 12.5 Å². The van der Waals surface area contributed by atoms with Crippen LogP contribution in [-0.4, -0.2) is 37.6 Å². The minimum atomic E-state index is -0.222. The Morgan fingerprint density at radius 2 is 1.87 bits per heavy atom. The molecule has 30 heavy (non-hydrogen) atoms. The minimum absolute atomic E-state index is 0.0156. The van der Waals surface area contributed by atoms with Crippen molar-refractivity contribution in [3.63, 3.8) is 0 Å². The van der Waals surface area contributed by atoms with Crippen LogP contribution in [0.15, 0.2) is 48.8 Å². The van der Waals surface area contributed by atoms with Crippen LogP contribution in [0.1, 0.15) is 56.1 Å². The highest BCUT2D eigenvalue weighted by atomic mass is 16.5. The first-order chi connectivity index (χ1) is 14.5. The molecular formula is C24H33N3O3. The lowest BCUT2D eigenvalue weighted by Crippen LogP contribution is -2.29. The second-order valence-electron chi connectivity index (χ2n) is 7.52. The molecule has 1 heterocycles. The van der Waals surface area contributed by atoms with Gasteiger partial charge in [-0.15, -0.1) is 0 Å². The maximum atomic E-state index is 13.0. The first-order valence-corrected chi connectivity index (χ1v) is 10.6. The Morgan fingerprint density at radius 1 is 1.10 bits per heavy atom. The molecule has 0 bridgehead atoms. The Balaban J connectivity index is 1.96. The summed E-state index contributed by atoms with van der Waals surface area (Å²) in [7, 11) is 3.99. The lowest BCUT2D eigenvalue weighted by atomic mass is 9.91. The molecule has 0 spiro atoms. The lowest BCUT2D eigenvalue weighted by molar-refractivity contribution is -0.143. The van der Waals surface area contributed by atoms with Gasteiger partial charge >= 0.3 is 5.97 Å². The predicted octanol–water partition coefficient (Wildman–Crippen LogP) is 4.06. The highest BCUT2D eigenvalue weighted by Gasteiger charge is 2.20. The van der Waals surface area contributed by atoms with Gasteiger partial charge in [-0.1, -0.05) is 31.0 Å². The summed E-state index contributed by atoms with van der Waals surface area (Å²) >= 11 is 0. The van der Waals surface area contributed by atoms with E-state index in [1.807, 2.05) is 62.3 Å². The molecule has 1 aromatic heterocycles. The second kappa shape index (κ2) is 12.6. The number of anilines is 1. The molecule has 0 aliphatic rings. The van der Waals surface area contributed by atoms with Crippen molar-refractivity contribution in [2.24, 2.45) is 0 Å². The van der Waals surface area contributed by atoms with Crippen LogP contribution in [0.5, 0.6) is 0 Å². The van der Waals surface area contributed by atoms with Crippen LogP contribution in [-0.2, 0) is 20.9 Å². The average molecular weight is 412 g/mol. The Kier molecular flexibility index (Phi) is 9.84. The van der Waals surface area contributed by atoms with E-state index in [4.69, 9.17) is 4.74 Å². The van der Waals surface area contributed by atoms with Gasteiger partial charge in [0.2, 0.25) is 5.91 Å². The van der Waals surface area contributed by atoms with Crippen molar-refractivity contribution in [3.8, 4) is 0 Å². The number of esters is 1. The molecule has 1 amide bonds. The highest BCUT2D eigenvalue weighted by Crippen LogP contribution is 2.25. The Labute approximate surface area is 179 Å². The lowest BCUT2D eigenvalue weighted by Gasteiger charge is -2.19. The van der Waals surface area contributed by atoms with Gasteiger partial charge in [0, 0.05) is 45.1 Å². The zero-order valence-electron chi connectivity index (χ0n) is 18.3. The van der Waals surface area contributed by atoms with E-state index < -0.39 is 0 Å². The number of hydrogen-bond donors (Lipinski definition) is 1. The molecule has 2 aromatic rings. The zero-order valence-corrected chi connectivity index (χ0v) is 18.3. The molecule has 1 N–H and O–H groups in total. The molecule has 0 fully saturated rings. The van der Waals surface area contributed by atoms with Gasteiger partial charge in [0.1, 0.15) is 0 Å². The van der Waals surface area contributed by atoms with Crippen LogP contribution in [0.25, 0.3) is 0 Å². The van der Waals surface area contributed by atoms with Gasteiger partial charge in [-0.3, -0.25) is 14.6 Å². The van der Waals surface area contributed by atoms with E-state index in [1.54, 1.807) is 12.4 Å². The van der Waals surface area contributed by atoms with Crippen molar-refractivity contribution in [2.75, 3.05) is 25.6 Å². The number of benzene rings is 1. The van der Waals surface area contributed by atoms with Crippen molar-refractivity contribution in [2.45, 2.75) is 51.5 Å². The number of carbonyl (C=O) groups is 2. The summed E-state index contributed by atoms with van der Waals surface area (Å²) in [4.78, 5) is 30.6. The summed E-state index contributed by atoms with van der Waals surface area (Å²) in [6.45, 7) is 2.69. The summed E-state index contributed by atoms with van der Waals surface area (Å²) in [6, 6.07) is 11.9. The largest absolute Gasteiger partial charge is 0.466 e. The summed E-state index contributed by atoms with van der Waals surface area (Å²) in [5, 5.41) is 3.05. The van der Waals surface area contributed by atoms with Gasteiger partial charge in [-0.25, -0.2) is 0 Å². The quantitative estimate of drug-likeness (QED) is 0.421. The van der Waals surface area contributed by atoms with E-state index in [1.165, 1.54) is 0 Å². The molecule has 0 radical (unpaired) electrons. The summed E-state index contributed by atoms with van der Waals surface area (Å²) in [5.74, 6) is -0.357. The van der Waals surface area contributed by atoms with Crippen LogP contribution in [0.4, 0.5) is 5.69 Å². The van der Waals surface area contributed by atoms with Crippen molar-refractivity contribution < 1.29 is 14.3 Å². The summed E-state index contributed by atoms with van der Waals surface area (Å²) in [5.41, 5.74) is 3.08. The Hall–Kier alpha value is -2.89. The number of aromatic nitrogens is 1. The molecular weight excluding hydrogens is 378 g/mol. The number of unbranched alkanes of at least 4 members (excludes halogenated alkanes) is 2. The maximum Gasteiger partial charge on any atom is 0.305 e. The van der Waals surface area contributed by atoms with Gasteiger partial charge in [0.15, 0.2) is 0 Å². The van der Waals surface area contributed by atoms with Crippen LogP contribution < -0.4 is 10.2 Å². The molecule has 162 valence electrons. The number of hydrogen-bond acceptors (Lipinski definition) is 5. The fraction of sp³-hybridized carbons (Fsp3) is 0.458. The van der Waals surface area contributed by atoms with E-state index in [9.17, 15) is 9.59 Å². The van der Waals surface area contributed by atoms with Crippen LogP contribution in [0.2, 0.25) is 0 Å². The third kappa shape index (κ3) is 7.85. The SMILES string of the molecule is CCOC(=O)CCCCC[C@H](C(=O)NCc1cccnc1)c1ccc(N(C)C)cc1. The predicted molar refractivity (Wildman–Crippen MR) is 119 cm³/mol. The number of ether oxygens (including phenoxy) is 1. The first-order valence-electron chi connectivity index (χ1n) is 10.6. The normalized spacial score (nSPS) is 11.6. The molecule has 1 atom stereocenters. The van der Waals surface area contributed by atoms with Crippen LogP contribution >= 0.6 is 0 Å². The van der Waals surface area contributed by atoms with E-state index in [0.29, 0.717) is 19.6 Å². The monoisotopic (exact) mass is 411 g/mol. The zero-order chi connectivity index (χ0) is 21.8. The molecule has 0 saturated heterocycles. The van der Waals surface area contributed by atoms with E-state index in [2.05, 4.69) is 10.3 Å². The summed E-state index contributed by atoms with van der Waals surface area (Å²) in [6.07, 6.45) is 7.20. The first kappa shape index (κ1) is 23.4. The molecule has 1 aromatic carbocycles. The second-order valence-corrected chi connectivity index (χ2v) is 7.52. The smallest absolute Gasteiger partial charge is 0.305 e. The van der Waals surface area contributed by atoms with Gasteiger partial charge in [-0.2, -0.15) is 0 Å². The van der Waals surface area contributed by atoms with Crippen molar-refractivity contribution in [1.82, 2.24) is 10.3 Å². The number of rotatable bonds is 12. The van der Waals surface area contributed by atoms with E-state index in [0.717, 1.165) is 42.5 Å². The third-order valence-electron chi connectivity index (χ3n) is 5.00. The molecule has 0 saturated carbocycles. The standard InChI is InChI=1S/C24H33N3O3/c1-4-30-23(28)11-7-5-6-10-22(20-12-14-21(15-13-20)27(2)3)24(29)26-18-19-9-8-16-25-17-19/h8-9,12-17,22H,4-7,10-11,18H2,1-3H3,(H,26,29)/t22-/m0/s1. The number of amides is 1. The van der Waals surface area contributed by atoms with Gasteiger partial charge in [-0.05, 0) is 49.1 Å². The van der Waals surface area contributed by atoms with Crippen molar-refractivity contribution in [3.05, 3.63) is 59.9 Å². The molecule has 0 unspecified atom stereocenters.